The first-order valence-corrected chi connectivity index (χ1v) is 5.81. The monoisotopic (exact) mass is 261 g/mol. The zero-order valence-corrected chi connectivity index (χ0v) is 10.6. The first-order chi connectivity index (χ1) is 8.65. The van der Waals surface area contributed by atoms with Crippen LogP contribution in [0, 0.1) is 6.92 Å². The molecule has 1 aromatic carbocycles. The van der Waals surface area contributed by atoms with Crippen molar-refractivity contribution in [1.82, 2.24) is 0 Å². The number of amides is 1. The van der Waals surface area contributed by atoms with Gasteiger partial charge in [0.05, 0.1) is 17.0 Å². The molecule has 2 rings (SSSR count). The summed E-state index contributed by atoms with van der Waals surface area (Å²) in [5.74, 6) is 0.373. The van der Waals surface area contributed by atoms with E-state index in [1.54, 1.807) is 36.6 Å². The molecule has 0 fully saturated rings. The van der Waals surface area contributed by atoms with E-state index in [0.717, 1.165) is 5.56 Å². The normalized spacial score (nSPS) is 10.8. The van der Waals surface area contributed by atoms with E-state index in [2.05, 4.69) is 5.32 Å². The fourth-order valence-electron chi connectivity index (χ4n) is 1.44. The fourth-order valence-corrected chi connectivity index (χ4v) is 1.72. The van der Waals surface area contributed by atoms with E-state index in [-0.39, 0.29) is 5.91 Å². The number of aryl methyl sites for hydroxylation is 1. The van der Waals surface area contributed by atoms with Gasteiger partial charge in [0.2, 0.25) is 5.91 Å². The van der Waals surface area contributed by atoms with Gasteiger partial charge in [0.15, 0.2) is 0 Å². The molecule has 0 aliphatic carbocycles. The maximum Gasteiger partial charge on any atom is 0.248 e. The predicted octanol–water partition coefficient (Wildman–Crippen LogP) is 3.89. The van der Waals surface area contributed by atoms with Crippen LogP contribution in [0.3, 0.4) is 0 Å². The van der Waals surface area contributed by atoms with E-state index in [1.807, 2.05) is 13.0 Å². The second-order valence-corrected chi connectivity index (χ2v) is 4.23. The summed E-state index contributed by atoms with van der Waals surface area (Å²) >= 11 is 6.02. The summed E-state index contributed by atoms with van der Waals surface area (Å²) in [4.78, 5) is 11.6. The number of nitrogens with one attached hydrogen (secondary N) is 1. The van der Waals surface area contributed by atoms with Gasteiger partial charge in [-0.25, -0.2) is 0 Å². The first-order valence-electron chi connectivity index (χ1n) is 5.44. The second-order valence-electron chi connectivity index (χ2n) is 3.82. The maximum absolute atomic E-state index is 11.6. The number of carbonyl (C=O) groups is 1. The van der Waals surface area contributed by atoms with Crippen LogP contribution in [0.4, 0.5) is 5.69 Å². The highest BCUT2D eigenvalue weighted by molar-refractivity contribution is 6.33. The van der Waals surface area contributed by atoms with Crippen LogP contribution in [0.5, 0.6) is 0 Å². The van der Waals surface area contributed by atoms with Gasteiger partial charge in [0.1, 0.15) is 5.76 Å². The predicted molar refractivity (Wildman–Crippen MR) is 72.6 cm³/mol. The lowest BCUT2D eigenvalue weighted by molar-refractivity contribution is -0.111. The molecule has 1 N–H and O–H groups in total. The minimum atomic E-state index is -0.253. The SMILES string of the molecule is Cc1ccc(NC(=O)/C=C/c2ccco2)c(Cl)c1. The van der Waals surface area contributed by atoms with Gasteiger partial charge < -0.3 is 9.73 Å². The van der Waals surface area contributed by atoms with Crippen molar-refractivity contribution in [2.45, 2.75) is 6.92 Å². The highest BCUT2D eigenvalue weighted by atomic mass is 35.5. The maximum atomic E-state index is 11.6. The molecule has 1 amide bonds. The molecule has 0 saturated heterocycles. The summed E-state index contributed by atoms with van der Waals surface area (Å²) in [6, 6.07) is 8.98. The van der Waals surface area contributed by atoms with E-state index in [1.165, 1.54) is 6.08 Å². The van der Waals surface area contributed by atoms with Crippen LogP contribution in [0.25, 0.3) is 6.08 Å². The summed E-state index contributed by atoms with van der Waals surface area (Å²) in [5.41, 5.74) is 1.64. The van der Waals surface area contributed by atoms with E-state index >= 15 is 0 Å². The summed E-state index contributed by atoms with van der Waals surface area (Å²) in [5, 5.41) is 3.22. The van der Waals surface area contributed by atoms with E-state index in [9.17, 15) is 4.79 Å². The molecule has 0 spiro atoms. The average Bonchev–Trinajstić information content (AvgIpc) is 2.83. The third kappa shape index (κ3) is 3.25. The van der Waals surface area contributed by atoms with E-state index in [4.69, 9.17) is 16.0 Å². The van der Waals surface area contributed by atoms with Gasteiger partial charge >= 0.3 is 0 Å². The molecule has 92 valence electrons. The Hall–Kier alpha value is -2.00. The fraction of sp³-hybridized carbons (Fsp3) is 0.0714. The lowest BCUT2D eigenvalue weighted by Crippen LogP contribution is -2.08. The highest BCUT2D eigenvalue weighted by Crippen LogP contribution is 2.22. The van der Waals surface area contributed by atoms with Gasteiger partial charge in [0.25, 0.3) is 0 Å². The molecule has 0 saturated carbocycles. The first kappa shape index (κ1) is 12.5. The third-order valence-electron chi connectivity index (χ3n) is 2.32. The Kier molecular flexibility index (Phi) is 3.85. The molecular weight excluding hydrogens is 250 g/mol. The van der Waals surface area contributed by atoms with Crippen molar-refractivity contribution in [1.29, 1.82) is 0 Å². The van der Waals surface area contributed by atoms with Crippen LogP contribution in [-0.2, 0) is 4.79 Å². The van der Waals surface area contributed by atoms with Crippen molar-refractivity contribution >= 4 is 29.3 Å². The number of carbonyl (C=O) groups excluding carboxylic acids is 1. The van der Waals surface area contributed by atoms with Gasteiger partial charge in [-0.3, -0.25) is 4.79 Å². The molecule has 3 nitrogen and oxygen atoms in total. The second kappa shape index (κ2) is 5.56. The number of halogens is 1. The van der Waals surface area contributed by atoms with E-state index in [0.29, 0.717) is 16.5 Å². The van der Waals surface area contributed by atoms with Crippen molar-refractivity contribution in [3.8, 4) is 0 Å². The Morgan fingerprint density at radius 3 is 2.89 bits per heavy atom. The summed E-state index contributed by atoms with van der Waals surface area (Å²) < 4.78 is 5.08. The van der Waals surface area contributed by atoms with Gasteiger partial charge in [0, 0.05) is 6.08 Å². The third-order valence-corrected chi connectivity index (χ3v) is 2.64. The summed E-state index contributed by atoms with van der Waals surface area (Å²) in [6.07, 6.45) is 4.54. The highest BCUT2D eigenvalue weighted by Gasteiger charge is 2.03. The zero-order chi connectivity index (χ0) is 13.0. The minimum Gasteiger partial charge on any atom is -0.465 e. The average molecular weight is 262 g/mol. The van der Waals surface area contributed by atoms with Crippen molar-refractivity contribution < 1.29 is 9.21 Å². The van der Waals surface area contributed by atoms with E-state index < -0.39 is 0 Å². The molecule has 2 aromatic rings. The Morgan fingerprint density at radius 1 is 1.39 bits per heavy atom. The lowest BCUT2D eigenvalue weighted by atomic mass is 10.2. The topological polar surface area (TPSA) is 42.2 Å². The molecule has 1 aromatic heterocycles. The largest absolute Gasteiger partial charge is 0.465 e. The number of anilines is 1. The van der Waals surface area contributed by atoms with Crippen LogP contribution in [0.2, 0.25) is 5.02 Å². The van der Waals surface area contributed by atoms with Crippen LogP contribution < -0.4 is 5.32 Å². The molecule has 1 heterocycles. The van der Waals surface area contributed by atoms with Crippen LogP contribution >= 0.6 is 11.6 Å². The lowest BCUT2D eigenvalue weighted by Gasteiger charge is -2.05. The summed E-state index contributed by atoms with van der Waals surface area (Å²) in [6.45, 7) is 1.94. The number of rotatable bonds is 3. The molecular formula is C14H12ClNO2. The quantitative estimate of drug-likeness (QED) is 0.852. The number of hydrogen-bond acceptors (Lipinski definition) is 2. The van der Waals surface area contributed by atoms with Crippen molar-refractivity contribution in [3.63, 3.8) is 0 Å². The molecule has 0 unspecified atom stereocenters. The van der Waals surface area contributed by atoms with Crippen molar-refractivity contribution in [2.24, 2.45) is 0 Å². The smallest absolute Gasteiger partial charge is 0.248 e. The zero-order valence-electron chi connectivity index (χ0n) is 9.81. The van der Waals surface area contributed by atoms with Gasteiger partial charge in [-0.2, -0.15) is 0 Å². The molecule has 0 bridgehead atoms. The van der Waals surface area contributed by atoms with Crippen LogP contribution in [-0.4, -0.2) is 5.91 Å². The molecule has 4 heteroatoms. The van der Waals surface area contributed by atoms with Crippen molar-refractivity contribution in [3.05, 3.63) is 59.0 Å². The Labute approximate surface area is 110 Å². The van der Waals surface area contributed by atoms with Gasteiger partial charge in [-0.05, 0) is 42.8 Å². The van der Waals surface area contributed by atoms with Crippen LogP contribution in [0.15, 0.2) is 47.1 Å². The molecule has 0 aliphatic rings. The van der Waals surface area contributed by atoms with Crippen LogP contribution in [0.1, 0.15) is 11.3 Å². The van der Waals surface area contributed by atoms with Crippen molar-refractivity contribution in [2.75, 3.05) is 5.32 Å². The Morgan fingerprint density at radius 2 is 2.22 bits per heavy atom. The molecule has 18 heavy (non-hydrogen) atoms. The molecule has 0 atom stereocenters. The Balaban J connectivity index is 2.03. The Bertz CT molecular complexity index is 573. The number of benzene rings is 1. The summed E-state index contributed by atoms with van der Waals surface area (Å²) in [7, 11) is 0. The van der Waals surface area contributed by atoms with Gasteiger partial charge in [-0.15, -0.1) is 0 Å². The minimum absolute atomic E-state index is 0.253. The standard InChI is InChI=1S/C14H12ClNO2/c1-10-4-6-13(12(15)9-10)16-14(17)7-5-11-3-2-8-18-11/h2-9H,1H3,(H,16,17)/b7-5+. The number of hydrogen-bond donors (Lipinski definition) is 1. The number of furan rings is 1. The molecule has 0 radical (unpaired) electrons. The van der Waals surface area contributed by atoms with Gasteiger partial charge in [-0.1, -0.05) is 17.7 Å². The molecule has 0 aliphatic heterocycles.